The van der Waals surface area contributed by atoms with E-state index in [9.17, 15) is 5.11 Å². The number of hydrogen-bond donors (Lipinski definition) is 1. The smallest absolute Gasteiger partial charge is 0.226 e. The molecular weight excluding hydrogens is 438 g/mol. The minimum absolute atomic E-state index is 0.615. The third-order valence-corrected chi connectivity index (χ3v) is 7.07. The number of allylic oxidation sites excluding steroid dienone is 1. The van der Waals surface area contributed by atoms with Gasteiger partial charge in [-0.2, -0.15) is 5.26 Å². The molecule has 0 unspecified atom stereocenters. The summed E-state index contributed by atoms with van der Waals surface area (Å²) in [7, 11) is 1.69. The molecule has 178 valence electrons. The van der Waals surface area contributed by atoms with Crippen LogP contribution in [0.15, 0.2) is 66.9 Å². The summed E-state index contributed by atoms with van der Waals surface area (Å²) in [5, 5.41) is 20.2. The van der Waals surface area contributed by atoms with Crippen molar-refractivity contribution in [2.24, 2.45) is 0 Å². The molecule has 0 radical (unpaired) electrons. The lowest BCUT2D eigenvalue weighted by molar-refractivity contribution is -0.0254. The molecule has 6 nitrogen and oxygen atoms in total. The molecule has 1 fully saturated rings. The van der Waals surface area contributed by atoms with E-state index < -0.39 is 5.60 Å². The zero-order valence-corrected chi connectivity index (χ0v) is 19.9. The van der Waals surface area contributed by atoms with Gasteiger partial charge in [-0.15, -0.1) is 0 Å². The Labute approximate surface area is 206 Å². The first-order chi connectivity index (χ1) is 17.1. The van der Waals surface area contributed by atoms with E-state index in [4.69, 9.17) is 14.7 Å². The van der Waals surface area contributed by atoms with Gasteiger partial charge >= 0.3 is 0 Å². The normalized spacial score (nSPS) is 18.0. The van der Waals surface area contributed by atoms with Gasteiger partial charge in [-0.3, -0.25) is 0 Å². The summed E-state index contributed by atoms with van der Waals surface area (Å²) in [6.07, 6.45) is 7.01. The van der Waals surface area contributed by atoms with Gasteiger partial charge in [-0.05, 0) is 66.8 Å². The summed E-state index contributed by atoms with van der Waals surface area (Å²) in [5.41, 5.74) is 3.91. The number of pyridine rings is 1. The van der Waals surface area contributed by atoms with Gasteiger partial charge in [-0.25, -0.2) is 4.98 Å². The number of rotatable bonds is 5. The molecule has 3 heterocycles. The monoisotopic (exact) mass is 467 g/mol. The first kappa shape index (κ1) is 23.1. The Morgan fingerprint density at radius 1 is 1.14 bits per heavy atom. The second kappa shape index (κ2) is 9.91. The zero-order valence-electron chi connectivity index (χ0n) is 19.9. The van der Waals surface area contributed by atoms with E-state index in [1.165, 1.54) is 5.57 Å². The number of aliphatic hydroxyl groups is 1. The van der Waals surface area contributed by atoms with Crippen molar-refractivity contribution in [3.05, 3.63) is 89.1 Å². The van der Waals surface area contributed by atoms with Crippen molar-refractivity contribution in [3.8, 4) is 23.4 Å². The van der Waals surface area contributed by atoms with Crippen molar-refractivity contribution in [2.45, 2.75) is 31.3 Å². The van der Waals surface area contributed by atoms with E-state index in [2.05, 4.69) is 28.1 Å². The topological polar surface area (TPSA) is 78.6 Å². The summed E-state index contributed by atoms with van der Waals surface area (Å²) in [4.78, 5) is 6.88. The van der Waals surface area contributed by atoms with Crippen LogP contribution in [0.4, 0.5) is 0 Å². The van der Waals surface area contributed by atoms with Crippen molar-refractivity contribution in [1.82, 2.24) is 9.88 Å². The SMILES string of the molecule is COc1cccc2c1C/C(=C/CCN1CCC(O)(c3ccc(C#N)cc3)CC1)c1cccnc1O2. The van der Waals surface area contributed by atoms with Gasteiger partial charge in [0.1, 0.15) is 11.5 Å². The number of methoxy groups -OCH3 is 1. The number of nitrogens with zero attached hydrogens (tertiary/aromatic N) is 3. The Hall–Kier alpha value is -3.66. The van der Waals surface area contributed by atoms with Crippen molar-refractivity contribution >= 4 is 5.57 Å². The second-order valence-corrected chi connectivity index (χ2v) is 9.15. The number of ether oxygens (including phenoxy) is 2. The lowest BCUT2D eigenvalue weighted by Crippen LogP contribution is -2.42. The maximum Gasteiger partial charge on any atom is 0.226 e. The fraction of sp³-hybridized carbons (Fsp3) is 0.310. The van der Waals surface area contributed by atoms with Crippen LogP contribution < -0.4 is 9.47 Å². The highest BCUT2D eigenvalue weighted by Gasteiger charge is 2.33. The predicted octanol–water partition coefficient (Wildman–Crippen LogP) is 5.07. The third-order valence-electron chi connectivity index (χ3n) is 7.07. The molecule has 0 atom stereocenters. The molecule has 35 heavy (non-hydrogen) atoms. The van der Waals surface area contributed by atoms with Gasteiger partial charge in [-0.1, -0.05) is 24.3 Å². The van der Waals surface area contributed by atoms with E-state index in [1.807, 2.05) is 36.4 Å². The quantitative estimate of drug-likeness (QED) is 0.565. The van der Waals surface area contributed by atoms with Crippen LogP contribution in [0.25, 0.3) is 5.57 Å². The summed E-state index contributed by atoms with van der Waals surface area (Å²) >= 11 is 0. The maximum atomic E-state index is 11.2. The fourth-order valence-corrected chi connectivity index (χ4v) is 5.01. The zero-order chi connectivity index (χ0) is 24.3. The number of likely N-dealkylation sites (tertiary alicyclic amines) is 1. The Balaban J connectivity index is 1.27. The molecule has 2 aromatic carbocycles. The maximum absolute atomic E-state index is 11.2. The van der Waals surface area contributed by atoms with E-state index in [1.54, 1.807) is 25.4 Å². The van der Waals surface area contributed by atoms with Crippen LogP contribution in [0, 0.1) is 11.3 Å². The van der Waals surface area contributed by atoms with Crippen LogP contribution >= 0.6 is 0 Å². The molecule has 1 saturated heterocycles. The summed E-state index contributed by atoms with van der Waals surface area (Å²) < 4.78 is 11.8. The van der Waals surface area contributed by atoms with E-state index in [0.717, 1.165) is 60.7 Å². The van der Waals surface area contributed by atoms with Gasteiger partial charge in [0.05, 0.1) is 24.3 Å². The minimum atomic E-state index is -0.827. The van der Waals surface area contributed by atoms with Crippen molar-refractivity contribution in [1.29, 1.82) is 5.26 Å². The summed E-state index contributed by atoms with van der Waals surface area (Å²) in [5.74, 6) is 2.22. The van der Waals surface area contributed by atoms with E-state index >= 15 is 0 Å². The molecule has 5 rings (SSSR count). The lowest BCUT2D eigenvalue weighted by atomic mass is 9.84. The molecule has 1 N–H and O–H groups in total. The highest BCUT2D eigenvalue weighted by atomic mass is 16.5. The highest BCUT2D eigenvalue weighted by Crippen LogP contribution is 2.41. The standard InChI is InChI=1S/C29H29N3O3/c1-34-26-7-2-8-27-25(26)19-22(24-6-3-15-31-28(24)35-27)5-4-16-32-17-13-29(33,14-18-32)23-11-9-21(20-30)10-12-23/h2-3,5-12,15,33H,4,13-14,16-19H2,1H3/b22-5-. The number of hydrogen-bond acceptors (Lipinski definition) is 6. The van der Waals surface area contributed by atoms with Crippen LogP contribution in [0.5, 0.6) is 17.4 Å². The van der Waals surface area contributed by atoms with Gasteiger partial charge in [0.2, 0.25) is 5.88 Å². The lowest BCUT2D eigenvalue weighted by Gasteiger charge is -2.38. The molecule has 2 aliphatic rings. The van der Waals surface area contributed by atoms with Gasteiger partial charge in [0.15, 0.2) is 0 Å². The van der Waals surface area contributed by atoms with Crippen molar-refractivity contribution in [2.75, 3.05) is 26.7 Å². The average Bonchev–Trinajstić information content (AvgIpc) is 3.06. The van der Waals surface area contributed by atoms with Crippen LogP contribution in [-0.2, 0) is 12.0 Å². The number of fused-ring (bicyclic) bond motifs is 2. The highest BCUT2D eigenvalue weighted by molar-refractivity contribution is 5.74. The van der Waals surface area contributed by atoms with Crippen LogP contribution in [-0.4, -0.2) is 41.7 Å². The predicted molar refractivity (Wildman–Crippen MR) is 134 cm³/mol. The Morgan fingerprint density at radius 3 is 2.69 bits per heavy atom. The van der Waals surface area contributed by atoms with Crippen LogP contribution in [0.3, 0.4) is 0 Å². The largest absolute Gasteiger partial charge is 0.496 e. The van der Waals surface area contributed by atoms with Crippen molar-refractivity contribution in [3.63, 3.8) is 0 Å². The van der Waals surface area contributed by atoms with E-state index in [-0.39, 0.29) is 0 Å². The Bertz CT molecular complexity index is 1270. The molecule has 0 amide bonds. The Morgan fingerprint density at radius 2 is 1.94 bits per heavy atom. The molecule has 0 bridgehead atoms. The van der Waals surface area contributed by atoms with Crippen LogP contribution in [0.2, 0.25) is 0 Å². The second-order valence-electron chi connectivity index (χ2n) is 9.15. The fourth-order valence-electron chi connectivity index (χ4n) is 5.01. The molecule has 6 heteroatoms. The molecule has 0 spiro atoms. The summed E-state index contributed by atoms with van der Waals surface area (Å²) in [6.45, 7) is 2.58. The molecule has 0 saturated carbocycles. The first-order valence-electron chi connectivity index (χ1n) is 12.0. The van der Waals surface area contributed by atoms with Crippen LogP contribution in [0.1, 0.15) is 41.5 Å². The minimum Gasteiger partial charge on any atom is -0.496 e. The van der Waals surface area contributed by atoms with Gasteiger partial charge < -0.3 is 19.5 Å². The Kier molecular flexibility index (Phi) is 6.54. The number of nitriles is 1. The molecular formula is C29H29N3O3. The molecule has 3 aromatic rings. The summed E-state index contributed by atoms with van der Waals surface area (Å²) in [6, 6.07) is 19.3. The van der Waals surface area contributed by atoms with Gasteiger partial charge in [0, 0.05) is 43.4 Å². The molecule has 2 aliphatic heterocycles. The number of benzene rings is 2. The first-order valence-corrected chi connectivity index (χ1v) is 12.0. The number of aromatic nitrogens is 1. The average molecular weight is 468 g/mol. The van der Waals surface area contributed by atoms with Gasteiger partial charge in [0.25, 0.3) is 0 Å². The molecule has 0 aliphatic carbocycles. The van der Waals surface area contributed by atoms with Crippen molar-refractivity contribution < 1.29 is 14.6 Å². The van der Waals surface area contributed by atoms with E-state index in [0.29, 0.717) is 24.3 Å². The number of piperidine rings is 1. The molecule has 1 aromatic heterocycles. The third kappa shape index (κ3) is 4.79.